The van der Waals surface area contributed by atoms with Gasteiger partial charge < -0.3 is 9.64 Å². The summed E-state index contributed by atoms with van der Waals surface area (Å²) in [5, 5.41) is 1.14. The third-order valence-corrected chi connectivity index (χ3v) is 4.43. The standard InChI is InChI=1S/C14H18N2OS/c1-2-17-11-6-5-9-16(10-11)14-15-12-7-3-4-8-13(12)18-14/h3-4,7-8,11H,2,5-6,9-10H2,1H3. The Balaban J connectivity index is 1.80. The zero-order chi connectivity index (χ0) is 12.4. The number of para-hydroxylation sites is 1. The number of rotatable bonds is 3. The first kappa shape index (κ1) is 11.9. The number of thiazole rings is 1. The van der Waals surface area contributed by atoms with Crippen LogP contribution in [0.15, 0.2) is 24.3 Å². The molecular weight excluding hydrogens is 244 g/mol. The normalized spacial score (nSPS) is 20.5. The zero-order valence-corrected chi connectivity index (χ0v) is 11.4. The fourth-order valence-corrected chi connectivity index (χ4v) is 3.48. The molecule has 18 heavy (non-hydrogen) atoms. The van der Waals surface area contributed by atoms with E-state index < -0.39 is 0 Å². The fourth-order valence-electron chi connectivity index (χ4n) is 2.48. The summed E-state index contributed by atoms with van der Waals surface area (Å²) in [7, 11) is 0. The number of hydrogen-bond acceptors (Lipinski definition) is 4. The first-order chi connectivity index (χ1) is 8.86. The zero-order valence-electron chi connectivity index (χ0n) is 10.6. The molecule has 3 nitrogen and oxygen atoms in total. The van der Waals surface area contributed by atoms with E-state index in [4.69, 9.17) is 9.72 Å². The summed E-state index contributed by atoms with van der Waals surface area (Å²) in [6, 6.07) is 8.34. The molecule has 96 valence electrons. The molecule has 2 aromatic rings. The van der Waals surface area contributed by atoms with Gasteiger partial charge >= 0.3 is 0 Å². The van der Waals surface area contributed by atoms with Crippen molar-refractivity contribution < 1.29 is 4.74 Å². The molecule has 0 aliphatic carbocycles. The number of ether oxygens (including phenoxy) is 1. The van der Waals surface area contributed by atoms with Gasteiger partial charge in [0.2, 0.25) is 0 Å². The highest BCUT2D eigenvalue weighted by molar-refractivity contribution is 7.22. The predicted octanol–water partition coefficient (Wildman–Crippen LogP) is 3.30. The van der Waals surface area contributed by atoms with E-state index >= 15 is 0 Å². The van der Waals surface area contributed by atoms with Crippen molar-refractivity contribution in [2.24, 2.45) is 0 Å². The molecule has 1 aliphatic rings. The second-order valence-electron chi connectivity index (χ2n) is 4.63. The van der Waals surface area contributed by atoms with Crippen molar-refractivity contribution in [1.29, 1.82) is 0 Å². The van der Waals surface area contributed by atoms with Crippen LogP contribution in [0.25, 0.3) is 10.2 Å². The molecule has 2 heterocycles. The lowest BCUT2D eigenvalue weighted by Gasteiger charge is -2.32. The maximum atomic E-state index is 5.74. The van der Waals surface area contributed by atoms with Crippen LogP contribution in [0.1, 0.15) is 19.8 Å². The average Bonchev–Trinajstić information content (AvgIpc) is 2.83. The molecule has 0 N–H and O–H groups in total. The summed E-state index contributed by atoms with van der Waals surface area (Å²) >= 11 is 1.78. The largest absolute Gasteiger partial charge is 0.377 e. The SMILES string of the molecule is CCOC1CCCN(c2nc3ccccc3s2)C1. The summed E-state index contributed by atoms with van der Waals surface area (Å²) in [4.78, 5) is 7.09. The number of hydrogen-bond donors (Lipinski definition) is 0. The number of benzene rings is 1. The minimum atomic E-state index is 0.371. The topological polar surface area (TPSA) is 25.4 Å². The Morgan fingerprint density at radius 3 is 3.17 bits per heavy atom. The second-order valence-corrected chi connectivity index (χ2v) is 5.64. The van der Waals surface area contributed by atoms with E-state index in [1.165, 1.54) is 17.5 Å². The molecule has 1 unspecified atom stereocenters. The summed E-state index contributed by atoms with van der Waals surface area (Å²) in [6.45, 7) is 4.95. The van der Waals surface area contributed by atoms with Crippen LogP contribution in [0.2, 0.25) is 0 Å². The van der Waals surface area contributed by atoms with Gasteiger partial charge in [-0.25, -0.2) is 4.98 Å². The highest BCUT2D eigenvalue weighted by Crippen LogP contribution is 2.30. The van der Waals surface area contributed by atoms with Crippen LogP contribution in [0, 0.1) is 0 Å². The molecule has 0 amide bonds. The van der Waals surface area contributed by atoms with E-state index in [0.29, 0.717) is 6.10 Å². The van der Waals surface area contributed by atoms with E-state index in [-0.39, 0.29) is 0 Å². The lowest BCUT2D eigenvalue weighted by Crippen LogP contribution is -2.39. The van der Waals surface area contributed by atoms with E-state index in [1.54, 1.807) is 11.3 Å². The van der Waals surface area contributed by atoms with Gasteiger partial charge in [-0.15, -0.1) is 0 Å². The lowest BCUT2D eigenvalue weighted by molar-refractivity contribution is 0.0527. The van der Waals surface area contributed by atoms with Crippen LogP contribution in [0.5, 0.6) is 0 Å². The molecule has 0 bridgehead atoms. The first-order valence-electron chi connectivity index (χ1n) is 6.59. The first-order valence-corrected chi connectivity index (χ1v) is 7.40. The Morgan fingerprint density at radius 2 is 2.33 bits per heavy atom. The van der Waals surface area contributed by atoms with Gasteiger partial charge in [-0.05, 0) is 31.9 Å². The average molecular weight is 262 g/mol. The van der Waals surface area contributed by atoms with Crippen molar-refractivity contribution >= 4 is 26.7 Å². The Bertz CT molecular complexity index is 490. The number of aromatic nitrogens is 1. The van der Waals surface area contributed by atoms with Gasteiger partial charge in [0.05, 0.1) is 16.3 Å². The smallest absolute Gasteiger partial charge is 0.186 e. The van der Waals surface area contributed by atoms with E-state index in [2.05, 4.69) is 30.0 Å². The highest BCUT2D eigenvalue weighted by atomic mass is 32.1. The van der Waals surface area contributed by atoms with Crippen molar-refractivity contribution in [2.75, 3.05) is 24.6 Å². The van der Waals surface area contributed by atoms with Crippen LogP contribution in [0.3, 0.4) is 0 Å². The monoisotopic (exact) mass is 262 g/mol. The predicted molar refractivity (Wildman–Crippen MR) is 76.5 cm³/mol. The molecule has 1 aromatic carbocycles. The van der Waals surface area contributed by atoms with Gasteiger partial charge in [-0.3, -0.25) is 0 Å². The van der Waals surface area contributed by atoms with Gasteiger partial charge in [-0.2, -0.15) is 0 Å². The van der Waals surface area contributed by atoms with Crippen LogP contribution in [0.4, 0.5) is 5.13 Å². The highest BCUT2D eigenvalue weighted by Gasteiger charge is 2.22. The van der Waals surface area contributed by atoms with Crippen molar-refractivity contribution in [3.8, 4) is 0 Å². The maximum absolute atomic E-state index is 5.74. The van der Waals surface area contributed by atoms with Crippen molar-refractivity contribution in [2.45, 2.75) is 25.9 Å². The van der Waals surface area contributed by atoms with Crippen molar-refractivity contribution in [3.63, 3.8) is 0 Å². The van der Waals surface area contributed by atoms with E-state index in [0.717, 1.165) is 30.3 Å². The van der Waals surface area contributed by atoms with Crippen molar-refractivity contribution in [1.82, 2.24) is 4.98 Å². The molecule has 1 saturated heterocycles. The van der Waals surface area contributed by atoms with Crippen LogP contribution < -0.4 is 4.90 Å². The molecular formula is C14H18N2OS. The van der Waals surface area contributed by atoms with Crippen molar-refractivity contribution in [3.05, 3.63) is 24.3 Å². The third kappa shape index (κ3) is 2.35. The summed E-state index contributed by atoms with van der Waals surface area (Å²) in [5.41, 5.74) is 1.11. The van der Waals surface area contributed by atoms with Crippen LogP contribution in [-0.4, -0.2) is 30.8 Å². The minimum absolute atomic E-state index is 0.371. The lowest BCUT2D eigenvalue weighted by atomic mass is 10.1. The van der Waals surface area contributed by atoms with Crippen LogP contribution in [-0.2, 0) is 4.74 Å². The molecule has 0 radical (unpaired) electrons. The molecule has 4 heteroatoms. The quantitative estimate of drug-likeness (QED) is 0.848. The van der Waals surface area contributed by atoms with Gasteiger partial charge in [-0.1, -0.05) is 23.5 Å². The minimum Gasteiger partial charge on any atom is -0.377 e. The molecule has 1 aromatic heterocycles. The summed E-state index contributed by atoms with van der Waals surface area (Å²) in [6.07, 6.45) is 2.74. The molecule has 0 spiro atoms. The summed E-state index contributed by atoms with van der Waals surface area (Å²) < 4.78 is 7.01. The van der Waals surface area contributed by atoms with Gasteiger partial charge in [0.25, 0.3) is 0 Å². The summed E-state index contributed by atoms with van der Waals surface area (Å²) in [5.74, 6) is 0. The fraction of sp³-hybridized carbons (Fsp3) is 0.500. The van der Waals surface area contributed by atoms with Gasteiger partial charge in [0.15, 0.2) is 5.13 Å². The van der Waals surface area contributed by atoms with Gasteiger partial charge in [0, 0.05) is 19.7 Å². The Morgan fingerprint density at radius 1 is 1.44 bits per heavy atom. The number of fused-ring (bicyclic) bond motifs is 1. The molecule has 0 saturated carbocycles. The molecule has 1 aliphatic heterocycles. The number of piperidine rings is 1. The number of anilines is 1. The van der Waals surface area contributed by atoms with E-state index in [1.807, 2.05) is 6.07 Å². The Labute approximate surface area is 111 Å². The Hall–Kier alpha value is -1.13. The number of nitrogens with zero attached hydrogens (tertiary/aromatic N) is 2. The van der Waals surface area contributed by atoms with E-state index in [9.17, 15) is 0 Å². The Kier molecular flexibility index (Phi) is 3.48. The van der Waals surface area contributed by atoms with Crippen LogP contribution >= 0.6 is 11.3 Å². The molecule has 1 fully saturated rings. The second kappa shape index (κ2) is 5.24. The maximum Gasteiger partial charge on any atom is 0.186 e. The molecule has 3 rings (SSSR count). The molecule has 1 atom stereocenters. The third-order valence-electron chi connectivity index (χ3n) is 3.33. The van der Waals surface area contributed by atoms with Gasteiger partial charge in [0.1, 0.15) is 0 Å².